The van der Waals surface area contributed by atoms with Crippen molar-refractivity contribution < 1.29 is 14.7 Å². The van der Waals surface area contributed by atoms with E-state index in [0.29, 0.717) is 0 Å². The summed E-state index contributed by atoms with van der Waals surface area (Å²) in [7, 11) is 0. The summed E-state index contributed by atoms with van der Waals surface area (Å²) in [6.45, 7) is 1.13. The number of carbonyl (C=O) groups excluding carboxylic acids is 2. The quantitative estimate of drug-likeness (QED) is 0.657. The Balaban J connectivity index is 4.13. The Kier molecular flexibility index (Phi) is 3.28. The molecule has 0 aromatic carbocycles. The van der Waals surface area contributed by atoms with Crippen LogP contribution in [0.4, 0.5) is 0 Å². The van der Waals surface area contributed by atoms with Gasteiger partial charge in [-0.25, -0.2) is 0 Å². The molecule has 0 rings (SSSR count). The Morgan fingerprint density at radius 3 is 2.00 bits per heavy atom. The van der Waals surface area contributed by atoms with Crippen LogP contribution < -0.4 is 0 Å². The molecule has 0 amide bonds. The molecule has 58 valence electrons. The van der Waals surface area contributed by atoms with E-state index in [9.17, 15) is 9.59 Å². The lowest BCUT2D eigenvalue weighted by Crippen LogP contribution is -2.33. The van der Waals surface area contributed by atoms with Crippen molar-refractivity contribution >= 4 is 33.7 Å². The third kappa shape index (κ3) is 3.15. The number of hydrogen-bond acceptors (Lipinski definition) is 3. The van der Waals surface area contributed by atoms with Crippen molar-refractivity contribution in [1.29, 1.82) is 0 Å². The van der Waals surface area contributed by atoms with E-state index in [0.717, 1.165) is 6.92 Å². The molecule has 0 saturated heterocycles. The minimum absolute atomic E-state index is 0.461. The van der Waals surface area contributed by atoms with Gasteiger partial charge in [0.25, 0.3) is 5.24 Å². The predicted octanol–water partition coefficient (Wildman–Crippen LogP) is 0.658. The Morgan fingerprint density at radius 2 is 1.90 bits per heavy atom. The first-order valence-electron chi connectivity index (χ1n) is 2.47. The summed E-state index contributed by atoms with van der Waals surface area (Å²) in [4.78, 5) is 20.5. The van der Waals surface area contributed by atoms with Crippen molar-refractivity contribution in [3.05, 3.63) is 0 Å². The number of carbonyl (C=O) groups is 2. The minimum Gasteiger partial charge on any atom is -0.380 e. The molecule has 0 spiro atoms. The normalized spacial score (nSPS) is 16.0. The van der Waals surface area contributed by atoms with Crippen LogP contribution in [0.3, 0.4) is 0 Å². The number of halogens is 2. The van der Waals surface area contributed by atoms with Crippen LogP contribution >= 0.6 is 23.2 Å². The summed E-state index contributed by atoms with van der Waals surface area (Å²) in [6.07, 6.45) is -0.461. The topological polar surface area (TPSA) is 54.4 Å². The molecular formula is C5H6Cl2O3. The van der Waals surface area contributed by atoms with Gasteiger partial charge in [0.1, 0.15) is 5.60 Å². The second-order valence-electron chi connectivity index (χ2n) is 2.08. The molecule has 10 heavy (non-hydrogen) atoms. The van der Waals surface area contributed by atoms with Crippen LogP contribution in [0.2, 0.25) is 0 Å². The Hall–Kier alpha value is -0.120. The third-order valence-corrected chi connectivity index (χ3v) is 1.45. The maximum atomic E-state index is 10.3. The maximum absolute atomic E-state index is 10.3. The van der Waals surface area contributed by atoms with E-state index < -0.39 is 22.5 Å². The van der Waals surface area contributed by atoms with E-state index in [-0.39, 0.29) is 0 Å². The van der Waals surface area contributed by atoms with Gasteiger partial charge in [0.05, 0.1) is 6.42 Å². The first kappa shape index (κ1) is 9.88. The minimum atomic E-state index is -1.83. The summed E-state index contributed by atoms with van der Waals surface area (Å²) in [5, 5.41) is 7.20. The summed E-state index contributed by atoms with van der Waals surface area (Å²) >= 11 is 9.81. The monoisotopic (exact) mass is 184 g/mol. The van der Waals surface area contributed by atoms with Gasteiger partial charge in [-0.05, 0) is 30.1 Å². The van der Waals surface area contributed by atoms with Crippen LogP contribution in [-0.4, -0.2) is 21.2 Å². The van der Waals surface area contributed by atoms with Crippen molar-refractivity contribution in [2.45, 2.75) is 18.9 Å². The van der Waals surface area contributed by atoms with Crippen LogP contribution in [0.15, 0.2) is 0 Å². The van der Waals surface area contributed by atoms with Crippen LogP contribution in [0.1, 0.15) is 13.3 Å². The van der Waals surface area contributed by atoms with Crippen LogP contribution in [0.5, 0.6) is 0 Å². The smallest absolute Gasteiger partial charge is 0.253 e. The van der Waals surface area contributed by atoms with Crippen molar-refractivity contribution in [2.75, 3.05) is 0 Å². The zero-order chi connectivity index (χ0) is 8.36. The van der Waals surface area contributed by atoms with Crippen molar-refractivity contribution in [2.24, 2.45) is 0 Å². The highest BCUT2D eigenvalue weighted by atomic mass is 35.5. The summed E-state index contributed by atoms with van der Waals surface area (Å²) < 4.78 is 0. The van der Waals surface area contributed by atoms with E-state index in [1.807, 2.05) is 0 Å². The lowest BCUT2D eigenvalue weighted by Gasteiger charge is -2.14. The van der Waals surface area contributed by atoms with Gasteiger partial charge in [0.2, 0.25) is 5.24 Å². The third-order valence-electron chi connectivity index (χ3n) is 0.907. The fourth-order valence-electron chi connectivity index (χ4n) is 0.340. The van der Waals surface area contributed by atoms with Gasteiger partial charge in [-0.15, -0.1) is 0 Å². The number of hydrogen-bond donors (Lipinski definition) is 1. The second-order valence-corrected chi connectivity index (χ2v) is 2.84. The molecule has 0 aromatic heterocycles. The molecule has 0 radical (unpaired) electrons. The number of aliphatic hydroxyl groups is 1. The highest BCUT2D eigenvalue weighted by Gasteiger charge is 2.30. The maximum Gasteiger partial charge on any atom is 0.253 e. The lowest BCUT2D eigenvalue weighted by molar-refractivity contribution is -0.131. The summed E-state index contributed by atoms with van der Waals surface area (Å²) in [5.41, 5.74) is -1.83. The largest absolute Gasteiger partial charge is 0.380 e. The van der Waals surface area contributed by atoms with Gasteiger partial charge in [-0.2, -0.15) is 0 Å². The van der Waals surface area contributed by atoms with Crippen molar-refractivity contribution in [1.82, 2.24) is 0 Å². The van der Waals surface area contributed by atoms with Crippen LogP contribution in [0.25, 0.3) is 0 Å². The molecule has 3 nitrogen and oxygen atoms in total. The second kappa shape index (κ2) is 3.32. The molecule has 1 unspecified atom stereocenters. The first-order chi connectivity index (χ1) is 4.36. The van der Waals surface area contributed by atoms with E-state index in [1.54, 1.807) is 0 Å². The predicted molar refractivity (Wildman–Crippen MR) is 37.0 cm³/mol. The van der Waals surface area contributed by atoms with E-state index in [1.165, 1.54) is 0 Å². The molecule has 0 saturated carbocycles. The Labute approximate surface area is 67.9 Å². The molecule has 0 fully saturated rings. The summed E-state index contributed by atoms with van der Waals surface area (Å²) in [6, 6.07) is 0. The van der Waals surface area contributed by atoms with Crippen molar-refractivity contribution in [3.63, 3.8) is 0 Å². The van der Waals surface area contributed by atoms with Gasteiger partial charge < -0.3 is 5.11 Å². The zero-order valence-corrected chi connectivity index (χ0v) is 6.74. The van der Waals surface area contributed by atoms with Gasteiger partial charge >= 0.3 is 0 Å². The van der Waals surface area contributed by atoms with Gasteiger partial charge in [-0.3, -0.25) is 9.59 Å². The van der Waals surface area contributed by atoms with Crippen LogP contribution in [-0.2, 0) is 9.59 Å². The molecule has 0 bridgehead atoms. The van der Waals surface area contributed by atoms with Crippen LogP contribution in [0, 0.1) is 0 Å². The van der Waals surface area contributed by atoms with Gasteiger partial charge in [0.15, 0.2) is 0 Å². The molecule has 0 heterocycles. The van der Waals surface area contributed by atoms with Gasteiger partial charge in [0, 0.05) is 0 Å². The number of rotatable bonds is 3. The first-order valence-corrected chi connectivity index (χ1v) is 3.22. The Morgan fingerprint density at radius 1 is 1.50 bits per heavy atom. The fourth-order valence-corrected chi connectivity index (χ4v) is 0.667. The summed E-state index contributed by atoms with van der Waals surface area (Å²) in [5.74, 6) is 0. The highest BCUT2D eigenvalue weighted by molar-refractivity contribution is 6.67. The Bertz CT molecular complexity index is 164. The van der Waals surface area contributed by atoms with Crippen molar-refractivity contribution in [3.8, 4) is 0 Å². The molecule has 0 aliphatic carbocycles. The molecule has 5 heteroatoms. The molecule has 0 aliphatic heterocycles. The van der Waals surface area contributed by atoms with Gasteiger partial charge in [-0.1, -0.05) is 0 Å². The highest BCUT2D eigenvalue weighted by Crippen LogP contribution is 2.14. The molecule has 1 N–H and O–H groups in total. The standard InChI is InChI=1S/C5H6Cl2O3/c1-5(10,4(7)9)2-3(6)8/h10H,2H2,1H3. The molecular weight excluding hydrogens is 179 g/mol. The lowest BCUT2D eigenvalue weighted by atomic mass is 10.1. The molecule has 1 atom stereocenters. The zero-order valence-electron chi connectivity index (χ0n) is 5.23. The molecule has 0 aromatic rings. The SMILES string of the molecule is CC(O)(CC(=O)Cl)C(=O)Cl. The van der Waals surface area contributed by atoms with E-state index >= 15 is 0 Å². The van der Waals surface area contributed by atoms with E-state index in [4.69, 9.17) is 28.3 Å². The van der Waals surface area contributed by atoms with E-state index in [2.05, 4.69) is 0 Å². The average Bonchev–Trinajstić information content (AvgIpc) is 1.60. The fraction of sp³-hybridized carbons (Fsp3) is 0.600. The average molecular weight is 185 g/mol. The molecule has 0 aliphatic rings.